The maximum Gasteiger partial charge on any atom is 0.171 e. The van der Waals surface area contributed by atoms with Crippen LogP contribution >= 0.6 is 35.4 Å². The second-order valence-corrected chi connectivity index (χ2v) is 5.87. The largest absolute Gasteiger partial charge is 0.370 e. The molecule has 1 aromatic carbocycles. The van der Waals surface area contributed by atoms with E-state index in [1.807, 2.05) is 6.07 Å². The Bertz CT molecular complexity index is 467. The minimum atomic E-state index is 0.556. The van der Waals surface area contributed by atoms with E-state index in [-0.39, 0.29) is 0 Å². The summed E-state index contributed by atoms with van der Waals surface area (Å²) in [5.74, 6) is 0. The minimum absolute atomic E-state index is 0.556. The molecule has 0 spiro atoms. The van der Waals surface area contributed by atoms with Crippen LogP contribution in [-0.2, 0) is 4.74 Å². The molecule has 0 unspecified atom stereocenters. The molecule has 1 aliphatic rings. The summed E-state index contributed by atoms with van der Waals surface area (Å²) in [6.45, 7) is 5.67. The van der Waals surface area contributed by atoms with Crippen LogP contribution in [0.25, 0.3) is 0 Å². The second kappa shape index (κ2) is 8.00. The van der Waals surface area contributed by atoms with E-state index in [0.29, 0.717) is 15.2 Å². The number of ether oxygens (including phenoxy) is 1. The highest BCUT2D eigenvalue weighted by molar-refractivity contribution is 7.80. The van der Waals surface area contributed by atoms with E-state index in [9.17, 15) is 0 Å². The Morgan fingerprint density at radius 3 is 2.75 bits per heavy atom. The van der Waals surface area contributed by atoms with Crippen LogP contribution in [0.1, 0.15) is 0 Å². The number of benzene rings is 1. The van der Waals surface area contributed by atoms with Crippen molar-refractivity contribution >= 4 is 46.2 Å². The molecule has 110 valence electrons. The molecule has 0 amide bonds. The molecule has 0 bridgehead atoms. The molecule has 0 aliphatic carbocycles. The molecule has 2 rings (SSSR count). The average molecular weight is 335 g/mol. The van der Waals surface area contributed by atoms with Crippen molar-refractivity contribution in [3.8, 4) is 0 Å². The van der Waals surface area contributed by atoms with Gasteiger partial charge >= 0.3 is 0 Å². The summed E-state index contributed by atoms with van der Waals surface area (Å²) < 4.78 is 5.32. The molecule has 4 nitrogen and oxygen atoms in total. The van der Waals surface area contributed by atoms with E-state index in [0.717, 1.165) is 45.1 Å². The summed E-state index contributed by atoms with van der Waals surface area (Å²) in [6.07, 6.45) is 0. The lowest BCUT2D eigenvalue weighted by atomic mass is 10.3. The van der Waals surface area contributed by atoms with Gasteiger partial charge in [0.2, 0.25) is 0 Å². The maximum atomic E-state index is 6.08. The lowest BCUT2D eigenvalue weighted by Gasteiger charge is -2.24. The number of quaternary nitrogens is 1. The first-order valence-corrected chi connectivity index (χ1v) is 7.73. The van der Waals surface area contributed by atoms with Gasteiger partial charge in [-0.3, -0.25) is 0 Å². The molecule has 1 aromatic rings. The van der Waals surface area contributed by atoms with E-state index in [1.54, 1.807) is 12.1 Å². The fourth-order valence-corrected chi connectivity index (χ4v) is 2.69. The number of hydrogen-bond donors (Lipinski definition) is 3. The van der Waals surface area contributed by atoms with Crippen LogP contribution in [-0.4, -0.2) is 44.5 Å². The van der Waals surface area contributed by atoms with E-state index >= 15 is 0 Å². The van der Waals surface area contributed by atoms with Gasteiger partial charge in [0.15, 0.2) is 5.11 Å². The first kappa shape index (κ1) is 15.8. The fourth-order valence-electron chi connectivity index (χ4n) is 2.02. The van der Waals surface area contributed by atoms with Gasteiger partial charge in [-0.25, -0.2) is 0 Å². The van der Waals surface area contributed by atoms with E-state index in [4.69, 9.17) is 40.2 Å². The summed E-state index contributed by atoms with van der Waals surface area (Å²) in [7, 11) is 0. The molecule has 1 saturated heterocycles. The van der Waals surface area contributed by atoms with Gasteiger partial charge < -0.3 is 20.3 Å². The molecule has 3 N–H and O–H groups in total. The summed E-state index contributed by atoms with van der Waals surface area (Å²) in [6, 6.07) is 5.27. The lowest BCUT2D eigenvalue weighted by molar-refractivity contribution is -0.906. The Kier molecular flexibility index (Phi) is 6.32. The van der Waals surface area contributed by atoms with Gasteiger partial charge in [-0.15, -0.1) is 0 Å². The van der Waals surface area contributed by atoms with Gasteiger partial charge in [0, 0.05) is 5.02 Å². The van der Waals surface area contributed by atoms with Crippen LogP contribution in [0.5, 0.6) is 0 Å². The van der Waals surface area contributed by atoms with Crippen LogP contribution in [0.15, 0.2) is 18.2 Å². The van der Waals surface area contributed by atoms with E-state index in [2.05, 4.69) is 10.6 Å². The monoisotopic (exact) mass is 334 g/mol. The highest BCUT2D eigenvalue weighted by atomic mass is 35.5. The zero-order valence-corrected chi connectivity index (χ0v) is 13.4. The predicted molar refractivity (Wildman–Crippen MR) is 87.1 cm³/mol. The normalized spacial score (nSPS) is 15.9. The zero-order chi connectivity index (χ0) is 14.4. The highest BCUT2D eigenvalue weighted by Crippen LogP contribution is 2.25. The van der Waals surface area contributed by atoms with Gasteiger partial charge in [0.25, 0.3) is 0 Å². The first-order valence-electron chi connectivity index (χ1n) is 6.56. The van der Waals surface area contributed by atoms with Crippen LogP contribution < -0.4 is 15.5 Å². The van der Waals surface area contributed by atoms with Crippen LogP contribution in [0.4, 0.5) is 5.69 Å². The standard InChI is InChI=1S/C13H17Cl2N3OS/c14-10-1-2-12(11(15)9-10)17-13(20)16-3-4-18-5-7-19-8-6-18/h1-2,9H,3-8H2,(H2,16,17,20)/p+1. The van der Waals surface area contributed by atoms with Gasteiger partial charge in [-0.2, -0.15) is 0 Å². The number of anilines is 1. The molecular weight excluding hydrogens is 317 g/mol. The summed E-state index contributed by atoms with van der Waals surface area (Å²) in [5, 5.41) is 7.99. The molecule has 1 aliphatic heterocycles. The minimum Gasteiger partial charge on any atom is -0.370 e. The van der Waals surface area contributed by atoms with Crippen molar-refractivity contribution in [1.29, 1.82) is 0 Å². The van der Waals surface area contributed by atoms with Crippen molar-refractivity contribution in [3.05, 3.63) is 28.2 Å². The van der Waals surface area contributed by atoms with Crippen molar-refractivity contribution < 1.29 is 9.64 Å². The lowest BCUT2D eigenvalue weighted by Crippen LogP contribution is -3.14. The smallest absolute Gasteiger partial charge is 0.171 e. The molecule has 1 heterocycles. The third-order valence-corrected chi connectivity index (χ3v) is 3.94. The molecular formula is C13H18Cl2N3OS+. The summed E-state index contributed by atoms with van der Waals surface area (Å²) in [4.78, 5) is 1.54. The Balaban J connectivity index is 1.72. The van der Waals surface area contributed by atoms with Gasteiger partial charge in [0.05, 0.1) is 37.0 Å². The summed E-state index contributed by atoms with van der Waals surface area (Å²) >= 11 is 17.2. The van der Waals surface area contributed by atoms with Crippen LogP contribution in [0.2, 0.25) is 10.0 Å². The molecule has 7 heteroatoms. The van der Waals surface area contributed by atoms with Crippen molar-refractivity contribution in [2.45, 2.75) is 0 Å². The molecule has 0 radical (unpaired) electrons. The SMILES string of the molecule is S=C(NCC[NH+]1CCOCC1)Nc1ccc(Cl)cc1Cl. The molecule has 1 fully saturated rings. The number of nitrogens with one attached hydrogen (secondary N) is 3. The Morgan fingerprint density at radius 1 is 1.30 bits per heavy atom. The van der Waals surface area contributed by atoms with Gasteiger partial charge in [-0.05, 0) is 30.4 Å². The van der Waals surface area contributed by atoms with Crippen LogP contribution in [0.3, 0.4) is 0 Å². The number of morpholine rings is 1. The van der Waals surface area contributed by atoms with E-state index < -0.39 is 0 Å². The Labute approximate surface area is 134 Å². The number of hydrogen-bond acceptors (Lipinski definition) is 2. The first-order chi connectivity index (χ1) is 9.65. The second-order valence-electron chi connectivity index (χ2n) is 4.62. The molecule has 0 aromatic heterocycles. The summed E-state index contributed by atoms with van der Waals surface area (Å²) in [5.41, 5.74) is 0.757. The predicted octanol–water partition coefficient (Wildman–Crippen LogP) is 1.19. The number of halogens is 2. The van der Waals surface area contributed by atoms with Gasteiger partial charge in [-0.1, -0.05) is 23.2 Å². The Hall–Kier alpha value is -0.590. The van der Waals surface area contributed by atoms with Gasteiger partial charge in [0.1, 0.15) is 13.1 Å². The van der Waals surface area contributed by atoms with Crippen molar-refractivity contribution in [3.63, 3.8) is 0 Å². The quantitative estimate of drug-likeness (QED) is 0.723. The third kappa shape index (κ3) is 5.07. The molecule has 20 heavy (non-hydrogen) atoms. The Morgan fingerprint density at radius 2 is 2.05 bits per heavy atom. The fraction of sp³-hybridized carbons (Fsp3) is 0.462. The number of thiocarbonyl (C=S) groups is 1. The zero-order valence-electron chi connectivity index (χ0n) is 11.0. The topological polar surface area (TPSA) is 37.7 Å². The van der Waals surface area contributed by atoms with Crippen molar-refractivity contribution in [2.75, 3.05) is 44.7 Å². The molecule has 0 saturated carbocycles. The number of rotatable bonds is 4. The van der Waals surface area contributed by atoms with Crippen molar-refractivity contribution in [1.82, 2.24) is 5.32 Å². The van der Waals surface area contributed by atoms with E-state index in [1.165, 1.54) is 4.90 Å². The van der Waals surface area contributed by atoms with Crippen LogP contribution in [0, 0.1) is 0 Å². The third-order valence-electron chi connectivity index (χ3n) is 3.14. The average Bonchev–Trinajstić information content (AvgIpc) is 2.43. The molecule has 0 atom stereocenters. The highest BCUT2D eigenvalue weighted by Gasteiger charge is 2.13. The van der Waals surface area contributed by atoms with Crippen molar-refractivity contribution in [2.24, 2.45) is 0 Å². The maximum absolute atomic E-state index is 6.08.